The summed E-state index contributed by atoms with van der Waals surface area (Å²) in [5.41, 5.74) is 1.08. The molecule has 3 nitrogen and oxygen atoms in total. The first kappa shape index (κ1) is 19.4. The molecule has 2 aromatic carbocycles. The summed E-state index contributed by atoms with van der Waals surface area (Å²) in [5, 5.41) is 0. The van der Waals surface area contributed by atoms with Crippen LogP contribution in [0.3, 0.4) is 0 Å². The van der Waals surface area contributed by atoms with Crippen LogP contribution in [0.15, 0.2) is 54.6 Å². The third kappa shape index (κ3) is 5.81. The van der Waals surface area contributed by atoms with Crippen LogP contribution in [0.1, 0.15) is 44.1 Å². The van der Waals surface area contributed by atoms with Crippen molar-refractivity contribution < 1.29 is 13.9 Å². The first-order valence-corrected chi connectivity index (χ1v) is 9.83. The van der Waals surface area contributed by atoms with E-state index in [2.05, 4.69) is 6.92 Å². The number of benzene rings is 2. The number of amides is 1. The Hall–Kier alpha value is -2.36. The van der Waals surface area contributed by atoms with E-state index in [0.29, 0.717) is 18.9 Å². The van der Waals surface area contributed by atoms with E-state index in [0.717, 1.165) is 43.7 Å². The number of ether oxygens (including phenoxy) is 1. The van der Waals surface area contributed by atoms with Crippen molar-refractivity contribution in [3.63, 3.8) is 0 Å². The molecular weight excluding hydrogens is 341 g/mol. The number of hydrogen-bond donors (Lipinski definition) is 0. The predicted molar refractivity (Wildman–Crippen MR) is 105 cm³/mol. The molecular formula is C23H28FNO2. The fraction of sp³-hybridized carbons (Fsp3) is 0.435. The van der Waals surface area contributed by atoms with E-state index in [1.807, 2.05) is 47.4 Å². The molecule has 1 fully saturated rings. The summed E-state index contributed by atoms with van der Waals surface area (Å²) in [6, 6.07) is 16.4. The van der Waals surface area contributed by atoms with Gasteiger partial charge in [0.2, 0.25) is 5.91 Å². The summed E-state index contributed by atoms with van der Waals surface area (Å²) in [7, 11) is 0. The van der Waals surface area contributed by atoms with Crippen molar-refractivity contribution in [2.24, 2.45) is 5.92 Å². The summed E-state index contributed by atoms with van der Waals surface area (Å²) in [5.74, 6) is 1.51. The van der Waals surface area contributed by atoms with Gasteiger partial charge in [-0.3, -0.25) is 4.79 Å². The van der Waals surface area contributed by atoms with Crippen LogP contribution in [0.4, 0.5) is 4.39 Å². The number of carbonyl (C=O) groups excluding carboxylic acids is 1. The smallest absolute Gasteiger partial charge is 0.222 e. The Labute approximate surface area is 161 Å². The highest BCUT2D eigenvalue weighted by Gasteiger charge is 2.24. The van der Waals surface area contributed by atoms with Crippen LogP contribution in [0, 0.1) is 11.7 Å². The number of para-hydroxylation sites is 1. The maximum atomic E-state index is 13.0. The van der Waals surface area contributed by atoms with Crippen molar-refractivity contribution in [1.29, 1.82) is 0 Å². The molecule has 0 aromatic heterocycles. The van der Waals surface area contributed by atoms with Gasteiger partial charge in [0.25, 0.3) is 0 Å². The first-order valence-electron chi connectivity index (χ1n) is 9.83. The molecule has 1 heterocycles. The van der Waals surface area contributed by atoms with E-state index in [1.54, 1.807) is 0 Å². The predicted octanol–water partition coefficient (Wildman–Crippen LogP) is 5.03. The Balaban J connectivity index is 1.44. The quantitative estimate of drug-likeness (QED) is 0.685. The van der Waals surface area contributed by atoms with Gasteiger partial charge in [-0.05, 0) is 55.0 Å². The Morgan fingerprint density at radius 1 is 1.19 bits per heavy atom. The summed E-state index contributed by atoms with van der Waals surface area (Å²) in [6.45, 7) is 4.36. The SMILES string of the molecule is CC(CCC(=O)N1CCCC(COc2ccccc2)C1)c1ccc(F)cc1. The van der Waals surface area contributed by atoms with Gasteiger partial charge in [0.05, 0.1) is 6.61 Å². The van der Waals surface area contributed by atoms with Gasteiger partial charge in [0.15, 0.2) is 0 Å². The molecule has 0 spiro atoms. The van der Waals surface area contributed by atoms with Crippen LogP contribution >= 0.6 is 0 Å². The van der Waals surface area contributed by atoms with Crippen LogP contribution in [-0.2, 0) is 4.79 Å². The molecule has 2 unspecified atom stereocenters. The second kappa shape index (κ2) is 9.54. The molecule has 2 aromatic rings. The normalized spacial score (nSPS) is 18.1. The molecule has 0 radical (unpaired) electrons. The lowest BCUT2D eigenvalue weighted by molar-refractivity contribution is -0.133. The van der Waals surface area contributed by atoms with Gasteiger partial charge in [-0.2, -0.15) is 0 Å². The van der Waals surface area contributed by atoms with Gasteiger partial charge < -0.3 is 9.64 Å². The molecule has 0 aliphatic carbocycles. The lowest BCUT2D eigenvalue weighted by Crippen LogP contribution is -2.41. The molecule has 4 heteroatoms. The molecule has 1 aliphatic rings. The third-order valence-electron chi connectivity index (χ3n) is 5.33. The van der Waals surface area contributed by atoms with Gasteiger partial charge in [0, 0.05) is 25.4 Å². The fourth-order valence-electron chi connectivity index (χ4n) is 3.61. The lowest BCUT2D eigenvalue weighted by Gasteiger charge is -2.33. The number of hydrogen-bond acceptors (Lipinski definition) is 2. The van der Waals surface area contributed by atoms with Crippen molar-refractivity contribution in [1.82, 2.24) is 4.90 Å². The highest BCUT2D eigenvalue weighted by molar-refractivity contribution is 5.76. The van der Waals surface area contributed by atoms with Crippen molar-refractivity contribution in [3.05, 3.63) is 66.0 Å². The number of piperidine rings is 1. The molecule has 0 bridgehead atoms. The molecule has 1 amide bonds. The second-order valence-electron chi connectivity index (χ2n) is 7.46. The van der Waals surface area contributed by atoms with E-state index in [-0.39, 0.29) is 17.6 Å². The zero-order valence-corrected chi connectivity index (χ0v) is 15.9. The van der Waals surface area contributed by atoms with Gasteiger partial charge in [0.1, 0.15) is 11.6 Å². The maximum Gasteiger partial charge on any atom is 0.222 e. The van der Waals surface area contributed by atoms with E-state index < -0.39 is 0 Å². The van der Waals surface area contributed by atoms with Gasteiger partial charge in [-0.15, -0.1) is 0 Å². The van der Waals surface area contributed by atoms with Crippen molar-refractivity contribution >= 4 is 5.91 Å². The molecule has 0 N–H and O–H groups in total. The topological polar surface area (TPSA) is 29.5 Å². The zero-order valence-electron chi connectivity index (χ0n) is 15.9. The van der Waals surface area contributed by atoms with Crippen LogP contribution < -0.4 is 4.74 Å². The van der Waals surface area contributed by atoms with E-state index in [4.69, 9.17) is 4.74 Å². The molecule has 0 saturated carbocycles. The Morgan fingerprint density at radius 2 is 1.93 bits per heavy atom. The van der Waals surface area contributed by atoms with E-state index in [1.165, 1.54) is 12.1 Å². The molecule has 144 valence electrons. The second-order valence-corrected chi connectivity index (χ2v) is 7.46. The average Bonchev–Trinajstić information content (AvgIpc) is 2.72. The van der Waals surface area contributed by atoms with Crippen molar-refractivity contribution in [2.45, 2.75) is 38.5 Å². The van der Waals surface area contributed by atoms with E-state index in [9.17, 15) is 9.18 Å². The summed E-state index contributed by atoms with van der Waals surface area (Å²) in [4.78, 5) is 14.6. The van der Waals surface area contributed by atoms with Crippen molar-refractivity contribution in [2.75, 3.05) is 19.7 Å². The minimum absolute atomic E-state index is 0.216. The monoisotopic (exact) mass is 369 g/mol. The van der Waals surface area contributed by atoms with Crippen LogP contribution in [-0.4, -0.2) is 30.5 Å². The standard InChI is InChI=1S/C23H28FNO2/c1-18(20-10-12-21(24)13-11-20)9-14-23(26)25-15-5-6-19(16-25)17-27-22-7-3-2-4-8-22/h2-4,7-8,10-13,18-19H,5-6,9,14-17H2,1H3. The number of likely N-dealkylation sites (tertiary alicyclic amines) is 1. The average molecular weight is 369 g/mol. The first-order chi connectivity index (χ1) is 13.1. The van der Waals surface area contributed by atoms with Crippen LogP contribution in [0.25, 0.3) is 0 Å². The Kier molecular flexibility index (Phi) is 6.86. The van der Waals surface area contributed by atoms with Crippen LogP contribution in [0.5, 0.6) is 5.75 Å². The summed E-state index contributed by atoms with van der Waals surface area (Å²) in [6.07, 6.45) is 3.45. The minimum atomic E-state index is -0.223. The van der Waals surface area contributed by atoms with Gasteiger partial charge >= 0.3 is 0 Å². The number of rotatable bonds is 7. The fourth-order valence-corrected chi connectivity index (χ4v) is 3.61. The van der Waals surface area contributed by atoms with Gasteiger partial charge in [-0.25, -0.2) is 4.39 Å². The zero-order chi connectivity index (χ0) is 19.1. The third-order valence-corrected chi connectivity index (χ3v) is 5.33. The highest BCUT2D eigenvalue weighted by Crippen LogP contribution is 2.23. The summed E-state index contributed by atoms with van der Waals surface area (Å²) >= 11 is 0. The molecule has 1 aliphatic heterocycles. The summed E-state index contributed by atoms with van der Waals surface area (Å²) < 4.78 is 18.9. The number of nitrogens with zero attached hydrogens (tertiary/aromatic N) is 1. The molecule has 3 rings (SSSR count). The minimum Gasteiger partial charge on any atom is -0.493 e. The number of carbonyl (C=O) groups is 1. The molecule has 1 saturated heterocycles. The lowest BCUT2D eigenvalue weighted by atomic mass is 9.95. The van der Waals surface area contributed by atoms with Crippen molar-refractivity contribution in [3.8, 4) is 5.75 Å². The van der Waals surface area contributed by atoms with Crippen LogP contribution in [0.2, 0.25) is 0 Å². The maximum absolute atomic E-state index is 13.0. The number of halogens is 1. The molecule has 27 heavy (non-hydrogen) atoms. The highest BCUT2D eigenvalue weighted by atomic mass is 19.1. The Bertz CT molecular complexity index is 717. The van der Waals surface area contributed by atoms with Gasteiger partial charge in [-0.1, -0.05) is 37.3 Å². The largest absolute Gasteiger partial charge is 0.493 e. The van der Waals surface area contributed by atoms with E-state index >= 15 is 0 Å². The Morgan fingerprint density at radius 3 is 2.67 bits per heavy atom. The molecule has 2 atom stereocenters.